The van der Waals surface area contributed by atoms with Gasteiger partial charge in [0.2, 0.25) is 0 Å². The average molecular weight is 545 g/mol. The second-order valence-electron chi connectivity index (χ2n) is 16.4. The van der Waals surface area contributed by atoms with Gasteiger partial charge in [-0.15, -0.1) is 0 Å². The third kappa shape index (κ3) is 3.12. The van der Waals surface area contributed by atoms with Gasteiger partial charge in [-0.2, -0.15) is 0 Å². The van der Waals surface area contributed by atoms with Crippen molar-refractivity contribution in [2.75, 3.05) is 0 Å². The Balaban J connectivity index is 1.40. The molecule has 1 spiro atoms. The van der Waals surface area contributed by atoms with Gasteiger partial charge in [-0.05, 0) is 98.7 Å². The molecule has 5 saturated carbocycles. The largest absolute Gasteiger partial charge is 0.462 e. The fraction of sp³-hybridized carbons (Fsp3) is 0.941. The lowest BCUT2D eigenvalue weighted by Gasteiger charge is -2.74. The van der Waals surface area contributed by atoms with Crippen LogP contribution < -0.4 is 0 Å². The van der Waals surface area contributed by atoms with E-state index in [0.29, 0.717) is 24.7 Å². The van der Waals surface area contributed by atoms with E-state index in [1.54, 1.807) is 0 Å². The molecule has 0 N–H and O–H groups in total. The number of hydrogen-bond donors (Lipinski definition) is 0. The van der Waals surface area contributed by atoms with E-state index in [-0.39, 0.29) is 52.0 Å². The van der Waals surface area contributed by atoms with E-state index in [4.69, 9.17) is 9.47 Å². The summed E-state index contributed by atoms with van der Waals surface area (Å²) < 4.78 is 30.0. The Kier molecular flexibility index (Phi) is 6.08. The molecule has 220 valence electrons. The SMILES string of the molecule is CCCC(=O)O[C@H]1CC[C@]2(C)[C@H]3C[C@@H](F)[C@]45OC(=O)[C@@]6(CC[C@@H](C)[C@H](C)[C@H]64)CC[C@@]5(C)[C@]3(C)CC[C@H]2C1(C)C. The van der Waals surface area contributed by atoms with Crippen LogP contribution in [0, 0.1) is 56.7 Å². The molecule has 6 rings (SSSR count). The van der Waals surface area contributed by atoms with Crippen LogP contribution in [0.3, 0.4) is 0 Å². The Morgan fingerprint density at radius 2 is 1.69 bits per heavy atom. The van der Waals surface area contributed by atoms with E-state index in [9.17, 15) is 9.59 Å². The lowest BCUT2D eigenvalue weighted by atomic mass is 9.30. The molecular weight excluding hydrogens is 491 g/mol. The van der Waals surface area contributed by atoms with E-state index >= 15 is 4.39 Å². The Morgan fingerprint density at radius 3 is 2.38 bits per heavy atom. The molecule has 6 aliphatic rings. The number of rotatable bonds is 3. The fourth-order valence-corrected chi connectivity index (χ4v) is 12.7. The van der Waals surface area contributed by atoms with Crippen LogP contribution in [-0.2, 0) is 19.1 Å². The van der Waals surface area contributed by atoms with Crippen LogP contribution >= 0.6 is 0 Å². The number of carbonyl (C=O) groups excluding carboxylic acids is 2. The highest BCUT2D eigenvalue weighted by atomic mass is 19.1. The predicted molar refractivity (Wildman–Crippen MR) is 149 cm³/mol. The van der Waals surface area contributed by atoms with Gasteiger partial charge in [-0.1, -0.05) is 55.4 Å². The number of hydrogen-bond acceptors (Lipinski definition) is 4. The molecule has 0 unspecified atom stereocenters. The summed E-state index contributed by atoms with van der Waals surface area (Å²) in [6, 6.07) is 0. The molecule has 0 aromatic carbocycles. The van der Waals surface area contributed by atoms with Crippen LogP contribution in [0.15, 0.2) is 0 Å². The van der Waals surface area contributed by atoms with Crippen molar-refractivity contribution in [2.24, 2.45) is 56.7 Å². The number of alkyl halides is 1. The fourth-order valence-electron chi connectivity index (χ4n) is 12.7. The van der Waals surface area contributed by atoms with Crippen molar-refractivity contribution >= 4 is 11.9 Å². The molecule has 6 fully saturated rings. The van der Waals surface area contributed by atoms with Gasteiger partial charge in [-0.3, -0.25) is 9.59 Å². The maximum Gasteiger partial charge on any atom is 0.313 e. The monoisotopic (exact) mass is 544 g/mol. The van der Waals surface area contributed by atoms with Crippen LogP contribution in [0.5, 0.6) is 0 Å². The van der Waals surface area contributed by atoms with Gasteiger partial charge in [-0.25, -0.2) is 4.39 Å². The molecule has 39 heavy (non-hydrogen) atoms. The number of carbonyl (C=O) groups is 2. The summed E-state index contributed by atoms with van der Waals surface area (Å²) in [5, 5.41) is 0. The maximum absolute atomic E-state index is 17.3. The summed E-state index contributed by atoms with van der Waals surface area (Å²) >= 11 is 0. The Morgan fingerprint density at radius 1 is 0.974 bits per heavy atom. The maximum atomic E-state index is 17.3. The number of esters is 2. The van der Waals surface area contributed by atoms with Gasteiger partial charge in [0, 0.05) is 23.2 Å². The Hall–Kier alpha value is -1.13. The first-order valence-corrected chi connectivity index (χ1v) is 16.2. The number of ether oxygens (including phenoxy) is 2. The van der Waals surface area contributed by atoms with Crippen molar-refractivity contribution in [1.29, 1.82) is 0 Å². The molecule has 5 heteroatoms. The summed E-state index contributed by atoms with van der Waals surface area (Å²) in [4.78, 5) is 26.3. The lowest BCUT2D eigenvalue weighted by Crippen LogP contribution is -2.76. The van der Waals surface area contributed by atoms with E-state index in [2.05, 4.69) is 48.5 Å². The molecule has 1 heterocycles. The summed E-state index contributed by atoms with van der Waals surface area (Å²) in [6.07, 6.45) is 8.03. The zero-order chi connectivity index (χ0) is 28.4. The van der Waals surface area contributed by atoms with E-state index in [1.165, 1.54) is 0 Å². The second kappa shape index (κ2) is 8.46. The molecule has 4 nitrogen and oxygen atoms in total. The Labute approximate surface area is 235 Å². The van der Waals surface area contributed by atoms with E-state index in [0.717, 1.165) is 57.8 Å². The first-order valence-electron chi connectivity index (χ1n) is 16.2. The van der Waals surface area contributed by atoms with Crippen molar-refractivity contribution in [3.8, 4) is 0 Å². The topological polar surface area (TPSA) is 52.6 Å². The first-order chi connectivity index (χ1) is 18.2. The molecule has 0 aromatic rings. The number of fused-ring (bicyclic) bond motifs is 4. The van der Waals surface area contributed by atoms with Crippen LogP contribution in [-0.4, -0.2) is 29.8 Å². The third-order valence-electron chi connectivity index (χ3n) is 15.0. The normalized spacial score (nSPS) is 55.4. The molecule has 12 atom stereocenters. The van der Waals surface area contributed by atoms with E-state index in [1.807, 2.05) is 6.92 Å². The van der Waals surface area contributed by atoms with Gasteiger partial charge in [0.05, 0.1) is 5.41 Å². The van der Waals surface area contributed by atoms with Crippen LogP contribution in [0.25, 0.3) is 0 Å². The summed E-state index contributed by atoms with van der Waals surface area (Å²) in [5.74, 6) is 1.14. The predicted octanol–water partition coefficient (Wildman–Crippen LogP) is 8.06. The van der Waals surface area contributed by atoms with E-state index < -0.39 is 22.6 Å². The van der Waals surface area contributed by atoms with Gasteiger partial charge in [0.25, 0.3) is 0 Å². The molecule has 0 aromatic heterocycles. The van der Waals surface area contributed by atoms with Gasteiger partial charge >= 0.3 is 11.9 Å². The first kappa shape index (κ1) is 28.0. The van der Waals surface area contributed by atoms with Gasteiger partial charge < -0.3 is 9.47 Å². The Bertz CT molecular complexity index is 1060. The van der Waals surface area contributed by atoms with Crippen LogP contribution in [0.2, 0.25) is 0 Å². The smallest absolute Gasteiger partial charge is 0.313 e. The zero-order valence-electron chi connectivity index (χ0n) is 25.8. The third-order valence-corrected chi connectivity index (χ3v) is 15.0. The van der Waals surface area contributed by atoms with Crippen molar-refractivity contribution in [3.05, 3.63) is 0 Å². The lowest BCUT2D eigenvalue weighted by molar-refractivity contribution is -0.310. The quantitative estimate of drug-likeness (QED) is 0.337. The minimum absolute atomic E-state index is 0.0246. The standard InChI is InChI=1S/C34H53FO4/c1-9-10-26(36)38-25-13-14-30(6)22(29(25,4)5)12-15-31(7)23(30)19-24(35)34-27-21(3)20(2)11-16-33(27,28(37)39-34)18-17-32(31,34)8/h20-25,27H,9-19H2,1-8H3/t20-,21+,22+,23-,24-,25+,27-,30+,31-,32+,33+,34+/m1/s1. The van der Waals surface area contributed by atoms with Crippen LogP contribution in [0.1, 0.15) is 126 Å². The molecule has 1 aliphatic heterocycles. The van der Waals surface area contributed by atoms with Crippen LogP contribution in [0.4, 0.5) is 4.39 Å². The van der Waals surface area contributed by atoms with Gasteiger partial charge in [0.1, 0.15) is 12.3 Å². The highest BCUT2D eigenvalue weighted by Crippen LogP contribution is 2.81. The summed E-state index contributed by atoms with van der Waals surface area (Å²) in [7, 11) is 0. The van der Waals surface area contributed by atoms with Crippen molar-refractivity contribution < 1.29 is 23.5 Å². The molecular formula is C34H53FO4. The summed E-state index contributed by atoms with van der Waals surface area (Å²) in [5.41, 5.74) is -2.19. The van der Waals surface area contributed by atoms with Crippen molar-refractivity contribution in [1.82, 2.24) is 0 Å². The highest BCUT2D eigenvalue weighted by Gasteiger charge is 2.84. The highest BCUT2D eigenvalue weighted by molar-refractivity contribution is 5.82. The zero-order valence-corrected chi connectivity index (χ0v) is 25.8. The molecule has 5 aliphatic carbocycles. The molecule has 2 bridgehead atoms. The van der Waals surface area contributed by atoms with Crippen molar-refractivity contribution in [2.45, 2.75) is 144 Å². The second-order valence-corrected chi connectivity index (χ2v) is 16.4. The van der Waals surface area contributed by atoms with Gasteiger partial charge in [0.15, 0.2) is 5.60 Å². The molecule has 0 amide bonds. The minimum Gasteiger partial charge on any atom is -0.462 e. The summed E-state index contributed by atoms with van der Waals surface area (Å²) in [6.45, 7) is 18.4. The van der Waals surface area contributed by atoms with Crippen molar-refractivity contribution in [3.63, 3.8) is 0 Å². The minimum atomic E-state index is -1.14. The molecule has 1 saturated heterocycles. The number of halogens is 1. The average Bonchev–Trinajstić information content (AvgIpc) is 3.08. The molecule has 0 radical (unpaired) electrons.